The van der Waals surface area contributed by atoms with Crippen molar-refractivity contribution in [3.63, 3.8) is 0 Å². The van der Waals surface area contributed by atoms with Gasteiger partial charge in [-0.1, -0.05) is 48.4 Å². The first-order valence-electron chi connectivity index (χ1n) is 7.79. The maximum atomic E-state index is 5.62. The molecule has 0 aliphatic heterocycles. The molecule has 1 nitrogen and oxygen atoms in total. The molecule has 2 atom stereocenters. The van der Waals surface area contributed by atoms with Crippen LogP contribution in [0.1, 0.15) is 29.4 Å². The molecule has 0 saturated heterocycles. The molecule has 2 aliphatic carbocycles. The van der Waals surface area contributed by atoms with Gasteiger partial charge in [-0.15, -0.1) is 17.8 Å². The van der Waals surface area contributed by atoms with Gasteiger partial charge in [0.25, 0.3) is 0 Å². The fraction of sp³-hybridized carbons (Fsp3) is 0.143. The smallest absolute Gasteiger partial charge is 0.104 e. The molecule has 0 fully saturated rings. The summed E-state index contributed by atoms with van der Waals surface area (Å²) in [4.78, 5) is 1.19. The summed E-state index contributed by atoms with van der Waals surface area (Å²) in [6, 6.07) is 21.2. The lowest BCUT2D eigenvalue weighted by Crippen LogP contribution is -2.23. The highest BCUT2D eigenvalue weighted by atomic mass is 127. The highest BCUT2D eigenvalue weighted by Gasteiger charge is 2.15. The number of nitrogens with one attached hydrogen (secondary N) is 1. The third kappa shape index (κ3) is 4.27. The molecule has 0 spiro atoms. The van der Waals surface area contributed by atoms with Crippen LogP contribution in [0.3, 0.4) is 0 Å². The SMILES string of the molecule is C#CC(NC(C)c1ccccc1I)c1cccs1.c1cc2cc-2c1. The number of benzene rings is 2. The maximum absolute atomic E-state index is 5.62. The van der Waals surface area contributed by atoms with Crippen LogP contribution in [-0.4, -0.2) is 0 Å². The lowest BCUT2D eigenvalue weighted by atomic mass is 10.1. The van der Waals surface area contributed by atoms with E-state index < -0.39 is 0 Å². The third-order valence-electron chi connectivity index (χ3n) is 3.90. The van der Waals surface area contributed by atoms with Crippen LogP contribution >= 0.6 is 33.9 Å². The van der Waals surface area contributed by atoms with Crippen LogP contribution < -0.4 is 5.32 Å². The Morgan fingerprint density at radius 1 is 1.04 bits per heavy atom. The molecule has 2 aromatic rings. The molecule has 24 heavy (non-hydrogen) atoms. The number of hydrogen-bond acceptors (Lipinski definition) is 2. The molecule has 1 N–H and O–H groups in total. The van der Waals surface area contributed by atoms with Crippen molar-refractivity contribution >= 4 is 33.9 Å². The first kappa shape index (κ1) is 17.2. The average Bonchev–Trinajstić information content (AvgIpc) is 3.01. The Kier molecular flexibility index (Phi) is 5.72. The third-order valence-corrected chi connectivity index (χ3v) is 5.81. The molecule has 120 valence electrons. The van der Waals surface area contributed by atoms with E-state index >= 15 is 0 Å². The van der Waals surface area contributed by atoms with Gasteiger partial charge in [0.15, 0.2) is 0 Å². The van der Waals surface area contributed by atoms with E-state index in [2.05, 4.69) is 101 Å². The zero-order chi connectivity index (χ0) is 16.9. The summed E-state index contributed by atoms with van der Waals surface area (Å²) in [5.41, 5.74) is 4.14. The van der Waals surface area contributed by atoms with E-state index in [9.17, 15) is 0 Å². The quantitative estimate of drug-likeness (QED) is 0.299. The number of halogens is 1. The molecule has 0 saturated carbocycles. The Labute approximate surface area is 161 Å². The summed E-state index contributed by atoms with van der Waals surface area (Å²) in [6.45, 7) is 2.15. The number of thiophene rings is 1. The molecule has 2 aliphatic rings. The fourth-order valence-electron chi connectivity index (χ4n) is 2.51. The largest absolute Gasteiger partial charge is 0.293 e. The molecule has 3 heteroatoms. The Balaban J connectivity index is 0.000000231. The minimum Gasteiger partial charge on any atom is -0.293 e. The van der Waals surface area contributed by atoms with Crippen molar-refractivity contribution < 1.29 is 0 Å². The molecule has 0 bridgehead atoms. The van der Waals surface area contributed by atoms with E-state index in [0.29, 0.717) is 0 Å². The van der Waals surface area contributed by atoms with Gasteiger partial charge in [-0.05, 0) is 69.8 Å². The van der Waals surface area contributed by atoms with Crippen LogP contribution in [0.5, 0.6) is 0 Å². The van der Waals surface area contributed by atoms with Crippen molar-refractivity contribution in [2.45, 2.75) is 19.0 Å². The van der Waals surface area contributed by atoms with Crippen LogP contribution in [-0.2, 0) is 0 Å². The molecule has 1 aromatic carbocycles. The standard InChI is InChI=1S/C15H14INS.C6H4/c1-3-14(15-9-6-10-18-15)17-11(2)12-7-4-5-8-13(12)16;1-2-5-4-6(5)3-1/h1,4-11,14,17H,2H3;1-4H. The van der Waals surface area contributed by atoms with Crippen molar-refractivity contribution in [3.8, 4) is 23.5 Å². The Bertz CT molecular complexity index is 831. The monoisotopic (exact) mass is 443 g/mol. The molecular formula is C21H18INS. The summed E-state index contributed by atoms with van der Waals surface area (Å²) in [5, 5.41) is 5.55. The highest BCUT2D eigenvalue weighted by molar-refractivity contribution is 14.1. The predicted octanol–water partition coefficient (Wildman–Crippen LogP) is 6.04. The predicted molar refractivity (Wildman–Crippen MR) is 112 cm³/mol. The van der Waals surface area contributed by atoms with Crippen molar-refractivity contribution in [2.75, 3.05) is 0 Å². The number of terminal acetylenes is 1. The molecule has 0 amide bonds. The van der Waals surface area contributed by atoms with Gasteiger partial charge in [-0.2, -0.15) is 0 Å². The van der Waals surface area contributed by atoms with Gasteiger partial charge in [0.1, 0.15) is 6.04 Å². The Hall–Kier alpha value is -1.61. The van der Waals surface area contributed by atoms with Gasteiger partial charge in [0.2, 0.25) is 0 Å². The van der Waals surface area contributed by atoms with E-state index in [1.807, 2.05) is 6.07 Å². The normalized spacial score (nSPS) is 13.2. The first-order chi connectivity index (χ1) is 11.7. The second-order valence-electron chi connectivity index (χ2n) is 5.61. The Morgan fingerprint density at radius 3 is 2.29 bits per heavy atom. The van der Waals surface area contributed by atoms with Crippen LogP contribution in [0.4, 0.5) is 0 Å². The summed E-state index contributed by atoms with van der Waals surface area (Å²) in [7, 11) is 0. The molecular weight excluding hydrogens is 425 g/mol. The van der Waals surface area contributed by atoms with Gasteiger partial charge < -0.3 is 0 Å². The van der Waals surface area contributed by atoms with E-state index in [1.54, 1.807) is 11.3 Å². The van der Waals surface area contributed by atoms with Crippen LogP contribution in [0.25, 0.3) is 11.1 Å². The van der Waals surface area contributed by atoms with Gasteiger partial charge in [0, 0.05) is 14.5 Å². The fourth-order valence-corrected chi connectivity index (χ4v) is 4.11. The number of fused-ring (bicyclic) bond motifs is 1. The Morgan fingerprint density at radius 2 is 1.79 bits per heavy atom. The van der Waals surface area contributed by atoms with Crippen molar-refractivity contribution in [2.24, 2.45) is 0 Å². The molecule has 1 heterocycles. The first-order valence-corrected chi connectivity index (χ1v) is 9.75. The van der Waals surface area contributed by atoms with Crippen molar-refractivity contribution in [3.05, 3.63) is 80.1 Å². The van der Waals surface area contributed by atoms with Crippen molar-refractivity contribution in [1.82, 2.24) is 5.32 Å². The number of rotatable bonds is 4. The lowest BCUT2D eigenvalue weighted by molar-refractivity contribution is 0.540. The van der Waals surface area contributed by atoms with E-state index in [-0.39, 0.29) is 12.1 Å². The maximum Gasteiger partial charge on any atom is 0.104 e. The van der Waals surface area contributed by atoms with Crippen LogP contribution in [0, 0.1) is 15.9 Å². The summed E-state index contributed by atoms with van der Waals surface area (Å²) >= 11 is 4.05. The van der Waals surface area contributed by atoms with Gasteiger partial charge in [0.05, 0.1) is 0 Å². The molecule has 4 rings (SSSR count). The average molecular weight is 443 g/mol. The van der Waals surface area contributed by atoms with E-state index in [0.717, 1.165) is 0 Å². The summed E-state index contributed by atoms with van der Waals surface area (Å²) in [6.07, 6.45) is 5.62. The van der Waals surface area contributed by atoms with E-state index in [4.69, 9.17) is 6.42 Å². The molecule has 2 unspecified atom stereocenters. The zero-order valence-electron chi connectivity index (χ0n) is 13.4. The minimum absolute atomic E-state index is 0.0176. The van der Waals surface area contributed by atoms with Crippen LogP contribution in [0.2, 0.25) is 0 Å². The molecule has 0 radical (unpaired) electrons. The second-order valence-corrected chi connectivity index (χ2v) is 7.75. The van der Waals surface area contributed by atoms with Crippen molar-refractivity contribution in [1.29, 1.82) is 0 Å². The van der Waals surface area contributed by atoms with Gasteiger partial charge in [-0.25, -0.2) is 0 Å². The number of hydrogen-bond donors (Lipinski definition) is 1. The molecule has 1 aromatic heterocycles. The zero-order valence-corrected chi connectivity index (χ0v) is 16.3. The van der Waals surface area contributed by atoms with E-state index in [1.165, 1.54) is 25.1 Å². The summed E-state index contributed by atoms with van der Waals surface area (Å²) < 4.78 is 1.26. The minimum atomic E-state index is -0.0176. The summed E-state index contributed by atoms with van der Waals surface area (Å²) in [5.74, 6) is 2.82. The highest BCUT2D eigenvalue weighted by Crippen LogP contribution is 2.32. The topological polar surface area (TPSA) is 12.0 Å². The van der Waals surface area contributed by atoms with Crippen LogP contribution in [0.15, 0.2) is 66.0 Å². The lowest BCUT2D eigenvalue weighted by Gasteiger charge is -2.20. The second kappa shape index (κ2) is 7.98. The van der Waals surface area contributed by atoms with Gasteiger partial charge >= 0.3 is 0 Å². The van der Waals surface area contributed by atoms with Gasteiger partial charge in [-0.3, -0.25) is 5.32 Å².